The number of anilines is 1. The van der Waals surface area contributed by atoms with Crippen LogP contribution < -0.4 is 11.1 Å². The van der Waals surface area contributed by atoms with Crippen LogP contribution in [0.1, 0.15) is 11.7 Å². The lowest BCUT2D eigenvalue weighted by molar-refractivity contribution is -0.385. The van der Waals surface area contributed by atoms with Crippen molar-refractivity contribution >= 4 is 28.6 Å². The van der Waals surface area contributed by atoms with Crippen molar-refractivity contribution in [2.24, 2.45) is 10.7 Å². The number of nitro benzene ring substituents is 1. The highest BCUT2D eigenvalue weighted by atomic mass is 16.6. The van der Waals surface area contributed by atoms with Crippen LogP contribution in [0.15, 0.2) is 53.5 Å². The number of nitrogens with one attached hydrogen (secondary N) is 1. The van der Waals surface area contributed by atoms with Gasteiger partial charge >= 0.3 is 0 Å². The van der Waals surface area contributed by atoms with E-state index in [0.717, 1.165) is 11.0 Å². The van der Waals surface area contributed by atoms with Crippen LogP contribution in [-0.4, -0.2) is 20.4 Å². The van der Waals surface area contributed by atoms with Crippen molar-refractivity contribution in [3.8, 4) is 0 Å². The third-order valence-electron chi connectivity index (χ3n) is 3.75. The van der Waals surface area contributed by atoms with Gasteiger partial charge in [0.1, 0.15) is 0 Å². The van der Waals surface area contributed by atoms with E-state index in [4.69, 9.17) is 5.73 Å². The lowest BCUT2D eigenvalue weighted by atomic mass is 10.1. The molecular formula is C15H12N6O2. The fraction of sp³-hybridized carbons (Fsp3) is 0.0667. The molecule has 0 unspecified atom stereocenters. The van der Waals surface area contributed by atoms with Crippen LogP contribution in [0.5, 0.6) is 0 Å². The van der Waals surface area contributed by atoms with E-state index >= 15 is 0 Å². The molecule has 0 fully saturated rings. The van der Waals surface area contributed by atoms with E-state index < -0.39 is 11.1 Å². The van der Waals surface area contributed by atoms with Gasteiger partial charge in [0.05, 0.1) is 21.5 Å². The summed E-state index contributed by atoms with van der Waals surface area (Å²) < 4.78 is 1.81. The first-order valence-electron chi connectivity index (χ1n) is 6.96. The summed E-state index contributed by atoms with van der Waals surface area (Å²) in [5, 5.41) is 14.3. The zero-order chi connectivity index (χ0) is 16.0. The topological polar surface area (TPSA) is 111 Å². The molecule has 3 N–H and O–H groups in total. The molecule has 8 nitrogen and oxygen atoms in total. The molecule has 0 aliphatic carbocycles. The minimum atomic E-state index is -0.639. The van der Waals surface area contributed by atoms with Gasteiger partial charge in [-0.05, 0) is 18.2 Å². The first kappa shape index (κ1) is 13.3. The molecule has 114 valence electrons. The van der Waals surface area contributed by atoms with Crippen LogP contribution in [0.4, 0.5) is 11.6 Å². The Bertz CT molecular complexity index is 962. The second kappa shape index (κ2) is 4.80. The quantitative estimate of drug-likeness (QED) is 0.557. The molecule has 0 saturated heterocycles. The van der Waals surface area contributed by atoms with Crippen LogP contribution in [-0.2, 0) is 0 Å². The Kier molecular flexibility index (Phi) is 2.77. The molecule has 1 atom stereocenters. The van der Waals surface area contributed by atoms with E-state index in [1.807, 2.05) is 28.8 Å². The Morgan fingerprint density at radius 1 is 1.17 bits per heavy atom. The van der Waals surface area contributed by atoms with E-state index in [9.17, 15) is 10.1 Å². The van der Waals surface area contributed by atoms with Crippen molar-refractivity contribution in [1.82, 2.24) is 9.55 Å². The molecule has 1 aliphatic heterocycles. The molecule has 0 radical (unpaired) electrons. The summed E-state index contributed by atoms with van der Waals surface area (Å²) in [7, 11) is 0. The monoisotopic (exact) mass is 308 g/mol. The van der Waals surface area contributed by atoms with Crippen molar-refractivity contribution in [3.05, 3.63) is 64.2 Å². The number of nitrogens with two attached hydrogens (primary N) is 1. The molecule has 0 spiro atoms. The molecule has 0 saturated carbocycles. The second-order valence-electron chi connectivity index (χ2n) is 5.12. The number of nitrogens with zero attached hydrogens (tertiary/aromatic N) is 4. The standard InChI is InChI=1S/C15H12N6O2/c16-14-18-13(9-5-1-3-7-11(9)21(22)23)20-12-8-4-2-6-10(12)17-15(20)19-14/h1-8,13H,(H3,16,17,18,19)/t13-/m1/s1. The zero-order valence-electron chi connectivity index (χ0n) is 11.9. The van der Waals surface area contributed by atoms with Gasteiger partial charge in [-0.1, -0.05) is 24.3 Å². The highest BCUT2D eigenvalue weighted by Gasteiger charge is 2.29. The largest absolute Gasteiger partial charge is 0.370 e. The van der Waals surface area contributed by atoms with Crippen molar-refractivity contribution in [2.75, 3.05) is 5.32 Å². The number of hydrogen-bond donors (Lipinski definition) is 2. The molecule has 3 aromatic rings. The van der Waals surface area contributed by atoms with E-state index in [0.29, 0.717) is 11.5 Å². The maximum Gasteiger partial charge on any atom is 0.276 e. The SMILES string of the molecule is NC1=N[C@@H](c2ccccc2[N+](=O)[O-])n2c(nc3ccccc32)N1. The number of aliphatic imine (C=N–C) groups is 1. The molecule has 4 rings (SSSR count). The first-order valence-corrected chi connectivity index (χ1v) is 6.96. The number of imidazole rings is 1. The molecular weight excluding hydrogens is 296 g/mol. The van der Waals surface area contributed by atoms with Gasteiger partial charge in [-0.2, -0.15) is 0 Å². The van der Waals surface area contributed by atoms with Gasteiger partial charge in [-0.15, -0.1) is 0 Å². The summed E-state index contributed by atoms with van der Waals surface area (Å²) in [6.07, 6.45) is -0.639. The van der Waals surface area contributed by atoms with Gasteiger partial charge in [0.15, 0.2) is 12.1 Å². The maximum atomic E-state index is 11.3. The minimum Gasteiger partial charge on any atom is -0.370 e. The number of nitro groups is 1. The third-order valence-corrected chi connectivity index (χ3v) is 3.75. The summed E-state index contributed by atoms with van der Waals surface area (Å²) in [5.41, 5.74) is 7.90. The number of hydrogen-bond acceptors (Lipinski definition) is 6. The summed E-state index contributed by atoms with van der Waals surface area (Å²) in [5.74, 6) is 0.692. The number of aromatic nitrogens is 2. The highest BCUT2D eigenvalue weighted by molar-refractivity contribution is 5.94. The van der Waals surface area contributed by atoms with Crippen molar-refractivity contribution < 1.29 is 4.92 Å². The smallest absolute Gasteiger partial charge is 0.276 e. The summed E-state index contributed by atoms with van der Waals surface area (Å²) in [4.78, 5) is 19.8. The van der Waals surface area contributed by atoms with Crippen LogP contribution in [0, 0.1) is 10.1 Å². The van der Waals surface area contributed by atoms with Crippen molar-refractivity contribution in [2.45, 2.75) is 6.17 Å². The lowest BCUT2D eigenvalue weighted by Gasteiger charge is -2.23. The molecule has 0 amide bonds. The van der Waals surface area contributed by atoms with E-state index in [-0.39, 0.29) is 11.6 Å². The van der Waals surface area contributed by atoms with Gasteiger partial charge in [0.2, 0.25) is 5.95 Å². The molecule has 1 aromatic heterocycles. The number of guanidine groups is 1. The molecule has 8 heteroatoms. The average Bonchev–Trinajstić information content (AvgIpc) is 2.92. The van der Waals surface area contributed by atoms with Crippen LogP contribution in [0.3, 0.4) is 0 Å². The number of para-hydroxylation sites is 3. The highest BCUT2D eigenvalue weighted by Crippen LogP contribution is 2.35. The van der Waals surface area contributed by atoms with Gasteiger partial charge in [-0.25, -0.2) is 9.98 Å². The number of benzene rings is 2. The van der Waals surface area contributed by atoms with Gasteiger partial charge < -0.3 is 5.73 Å². The normalized spacial score (nSPS) is 16.5. The van der Waals surface area contributed by atoms with Crippen LogP contribution >= 0.6 is 0 Å². The Hall–Kier alpha value is -3.42. The van der Waals surface area contributed by atoms with Crippen molar-refractivity contribution in [3.63, 3.8) is 0 Å². The number of rotatable bonds is 2. The van der Waals surface area contributed by atoms with Crippen LogP contribution in [0.25, 0.3) is 11.0 Å². The minimum absolute atomic E-state index is 0.000295. The average molecular weight is 308 g/mol. The first-order chi connectivity index (χ1) is 11.1. The van der Waals surface area contributed by atoms with Gasteiger partial charge in [-0.3, -0.25) is 20.0 Å². The van der Waals surface area contributed by atoms with E-state index in [1.54, 1.807) is 18.2 Å². The van der Waals surface area contributed by atoms with Gasteiger partial charge in [0.25, 0.3) is 5.69 Å². The molecule has 2 heterocycles. The van der Waals surface area contributed by atoms with E-state index in [1.165, 1.54) is 6.07 Å². The second-order valence-corrected chi connectivity index (χ2v) is 5.12. The summed E-state index contributed by atoms with van der Waals surface area (Å²) in [6.45, 7) is 0. The van der Waals surface area contributed by atoms with E-state index in [2.05, 4.69) is 15.3 Å². The van der Waals surface area contributed by atoms with Crippen LogP contribution in [0.2, 0.25) is 0 Å². The van der Waals surface area contributed by atoms with Crippen molar-refractivity contribution in [1.29, 1.82) is 0 Å². The fourth-order valence-corrected chi connectivity index (χ4v) is 2.80. The summed E-state index contributed by atoms with van der Waals surface area (Å²) in [6, 6.07) is 14.0. The zero-order valence-corrected chi connectivity index (χ0v) is 11.9. The summed E-state index contributed by atoms with van der Waals surface area (Å²) >= 11 is 0. The maximum absolute atomic E-state index is 11.3. The fourth-order valence-electron chi connectivity index (χ4n) is 2.80. The lowest BCUT2D eigenvalue weighted by Crippen LogP contribution is -2.31. The third kappa shape index (κ3) is 2.00. The Morgan fingerprint density at radius 2 is 1.91 bits per heavy atom. The molecule has 0 bridgehead atoms. The Balaban J connectivity index is 2.00. The Labute approximate surface area is 130 Å². The molecule has 1 aliphatic rings. The molecule has 2 aromatic carbocycles. The Morgan fingerprint density at radius 3 is 2.74 bits per heavy atom. The van der Waals surface area contributed by atoms with Gasteiger partial charge in [0, 0.05) is 6.07 Å². The molecule has 23 heavy (non-hydrogen) atoms. The number of fused-ring (bicyclic) bond motifs is 3. The predicted octanol–water partition coefficient (Wildman–Crippen LogP) is 2.23. The predicted molar refractivity (Wildman–Crippen MR) is 86.2 cm³/mol.